The fraction of sp³-hybridized carbons (Fsp3) is 0.222. The largest absolute Gasteiger partial charge is 0.284 e. The van der Waals surface area contributed by atoms with Crippen LogP contribution in [0.4, 0.5) is 8.78 Å². The van der Waals surface area contributed by atoms with E-state index in [4.69, 9.17) is 23.2 Å². The minimum Gasteiger partial charge on any atom is -0.284 e. The van der Waals surface area contributed by atoms with E-state index in [0.29, 0.717) is 28.4 Å². The van der Waals surface area contributed by atoms with Crippen LogP contribution < -0.4 is 5.56 Å². The number of halogens is 4. The number of aromatic nitrogens is 2. The molecule has 0 N–H and O–H groups in total. The molecule has 0 saturated carbocycles. The minimum atomic E-state index is -1.63. The molecule has 0 spiro atoms. The van der Waals surface area contributed by atoms with E-state index in [0.717, 1.165) is 10.8 Å². The highest BCUT2D eigenvalue weighted by molar-refractivity contribution is 7.84. The molecule has 2 heterocycles. The van der Waals surface area contributed by atoms with Gasteiger partial charge < -0.3 is 0 Å². The Morgan fingerprint density at radius 3 is 2.65 bits per heavy atom. The highest BCUT2D eigenvalue weighted by atomic mass is 35.5. The van der Waals surface area contributed by atoms with E-state index >= 15 is 8.78 Å². The molecule has 3 rings (SSSR count). The Kier molecular flexibility index (Phi) is 9.70. The van der Waals surface area contributed by atoms with Gasteiger partial charge in [0.2, 0.25) is 0 Å². The van der Waals surface area contributed by atoms with Gasteiger partial charge in [-0.05, 0) is 62.1 Å². The van der Waals surface area contributed by atoms with Gasteiger partial charge in [0, 0.05) is 29.9 Å². The van der Waals surface area contributed by atoms with Crippen LogP contribution in [0.3, 0.4) is 0 Å². The number of allylic oxidation sites excluding steroid dienone is 2. The second kappa shape index (κ2) is 12.5. The first-order valence-electron chi connectivity index (χ1n) is 11.3. The van der Waals surface area contributed by atoms with Gasteiger partial charge >= 0.3 is 0 Å². The lowest BCUT2D eigenvalue weighted by molar-refractivity contribution is 0.591. The summed E-state index contributed by atoms with van der Waals surface area (Å²) in [6.07, 6.45) is 7.17. The van der Waals surface area contributed by atoms with Gasteiger partial charge in [-0.2, -0.15) is 0 Å². The zero-order valence-corrected chi connectivity index (χ0v) is 23.0. The average Bonchev–Trinajstić information content (AvgIpc) is 2.86. The van der Waals surface area contributed by atoms with Crippen LogP contribution in [0.1, 0.15) is 42.3 Å². The Balaban J connectivity index is 2.07. The fourth-order valence-corrected chi connectivity index (χ4v) is 4.90. The van der Waals surface area contributed by atoms with Crippen molar-refractivity contribution in [1.82, 2.24) is 9.55 Å². The average molecular weight is 564 g/mol. The molecule has 194 valence electrons. The van der Waals surface area contributed by atoms with E-state index in [1.165, 1.54) is 30.7 Å². The van der Waals surface area contributed by atoms with Gasteiger partial charge in [0.15, 0.2) is 5.83 Å². The molecule has 0 fully saturated rings. The Hall–Kier alpha value is -2.94. The standard InChI is InChI=1S/C27H25Cl2F2N3O2S/c1-5-11-33-26(18-8-6-10-23(25(18)31)37(4)36)21(30)15-34-17(3)14-19(24(29)27(34)35)16(2)13-22-20(28)9-7-12-32-22/h5-12,14-16H,13H2,1-4H3/b11-5+,21-15-,33-26+. The number of benzene rings is 1. The topological polar surface area (TPSA) is 64.3 Å². The van der Waals surface area contributed by atoms with Crippen LogP contribution >= 0.6 is 23.2 Å². The zero-order valence-electron chi connectivity index (χ0n) is 20.6. The smallest absolute Gasteiger partial charge is 0.273 e. The van der Waals surface area contributed by atoms with E-state index in [-0.39, 0.29) is 27.1 Å². The second-order valence-electron chi connectivity index (χ2n) is 8.28. The third-order valence-corrected chi connectivity index (χ3v) is 7.28. The maximum absolute atomic E-state index is 15.6. The summed E-state index contributed by atoms with van der Waals surface area (Å²) in [6.45, 7) is 5.19. The fourth-order valence-electron chi connectivity index (χ4n) is 3.73. The van der Waals surface area contributed by atoms with E-state index in [2.05, 4.69) is 9.98 Å². The molecule has 1 aromatic carbocycles. The number of nitrogens with zero attached hydrogens (tertiary/aromatic N) is 3. The summed E-state index contributed by atoms with van der Waals surface area (Å²) in [5, 5.41) is 0.437. The van der Waals surface area contributed by atoms with Crippen molar-refractivity contribution < 1.29 is 13.0 Å². The SMILES string of the molecule is C/C=C/N=C(/C(F)=C/n1c(C)cc(C(C)Cc2ncccc2Cl)c(Cl)c1=O)c1cccc(S(C)=O)c1F. The van der Waals surface area contributed by atoms with Crippen molar-refractivity contribution in [2.45, 2.75) is 38.0 Å². The lowest BCUT2D eigenvalue weighted by Gasteiger charge is -2.17. The van der Waals surface area contributed by atoms with Crippen molar-refractivity contribution in [2.75, 3.05) is 6.26 Å². The summed E-state index contributed by atoms with van der Waals surface area (Å²) in [4.78, 5) is 21.4. The Morgan fingerprint density at radius 1 is 1.27 bits per heavy atom. The molecular weight excluding hydrogens is 539 g/mol. The molecule has 0 aliphatic carbocycles. The van der Waals surface area contributed by atoms with E-state index in [1.807, 2.05) is 6.92 Å². The van der Waals surface area contributed by atoms with Crippen molar-refractivity contribution in [3.8, 4) is 0 Å². The molecule has 0 amide bonds. The van der Waals surface area contributed by atoms with Gasteiger partial charge in [-0.15, -0.1) is 0 Å². The van der Waals surface area contributed by atoms with Crippen LogP contribution in [0.15, 0.2) is 75.4 Å². The molecule has 2 atom stereocenters. The van der Waals surface area contributed by atoms with Gasteiger partial charge in [0.05, 0.1) is 32.6 Å². The minimum absolute atomic E-state index is 0.0734. The maximum atomic E-state index is 15.6. The predicted octanol–water partition coefficient (Wildman–Crippen LogP) is 6.87. The molecule has 37 heavy (non-hydrogen) atoms. The summed E-state index contributed by atoms with van der Waals surface area (Å²) >= 11 is 12.7. The van der Waals surface area contributed by atoms with Gasteiger partial charge in [-0.3, -0.25) is 23.5 Å². The molecule has 0 bridgehead atoms. The van der Waals surface area contributed by atoms with Crippen LogP contribution in [-0.2, 0) is 17.2 Å². The van der Waals surface area contributed by atoms with E-state index in [1.54, 1.807) is 44.3 Å². The summed E-state index contributed by atoms with van der Waals surface area (Å²) in [5.41, 5.74) is 0.472. The number of hydrogen-bond acceptors (Lipinski definition) is 4. The second-order valence-corrected chi connectivity index (χ2v) is 10.4. The van der Waals surface area contributed by atoms with Crippen LogP contribution in [0.5, 0.6) is 0 Å². The van der Waals surface area contributed by atoms with Crippen molar-refractivity contribution >= 4 is 45.9 Å². The number of aliphatic imine (C=N–C) groups is 1. The van der Waals surface area contributed by atoms with Gasteiger partial charge in [0.25, 0.3) is 5.56 Å². The van der Waals surface area contributed by atoms with Crippen molar-refractivity contribution in [3.63, 3.8) is 0 Å². The normalized spacial score (nSPS) is 14.3. The first-order valence-corrected chi connectivity index (χ1v) is 13.6. The summed E-state index contributed by atoms with van der Waals surface area (Å²) < 4.78 is 43.6. The Labute approximate surface area is 226 Å². The van der Waals surface area contributed by atoms with Crippen LogP contribution in [0, 0.1) is 12.7 Å². The van der Waals surface area contributed by atoms with Crippen LogP contribution in [-0.4, -0.2) is 25.7 Å². The molecule has 0 radical (unpaired) electrons. The highest BCUT2D eigenvalue weighted by Gasteiger charge is 2.21. The van der Waals surface area contributed by atoms with Crippen LogP contribution in [0.2, 0.25) is 10.0 Å². The Bertz CT molecular complexity index is 1500. The maximum Gasteiger partial charge on any atom is 0.273 e. The lowest BCUT2D eigenvalue weighted by Crippen LogP contribution is -2.22. The third-order valence-electron chi connectivity index (χ3n) is 5.62. The van der Waals surface area contributed by atoms with Crippen LogP contribution in [0.25, 0.3) is 6.20 Å². The molecule has 3 aromatic rings. The number of rotatable bonds is 8. The van der Waals surface area contributed by atoms with Gasteiger partial charge in [0.1, 0.15) is 16.6 Å². The third kappa shape index (κ3) is 6.50. The monoisotopic (exact) mass is 563 g/mol. The molecular formula is C27H25Cl2F2N3O2S. The highest BCUT2D eigenvalue weighted by Crippen LogP contribution is 2.28. The van der Waals surface area contributed by atoms with E-state index < -0.39 is 28.0 Å². The van der Waals surface area contributed by atoms with Gasteiger partial charge in [-0.1, -0.05) is 42.3 Å². The van der Waals surface area contributed by atoms with Crippen molar-refractivity contribution in [3.05, 3.63) is 109 Å². The molecule has 0 aliphatic rings. The van der Waals surface area contributed by atoms with Crippen molar-refractivity contribution in [2.24, 2.45) is 4.99 Å². The molecule has 2 unspecified atom stereocenters. The molecule has 10 heteroatoms. The Morgan fingerprint density at radius 2 is 2.00 bits per heavy atom. The first-order chi connectivity index (χ1) is 17.6. The summed E-state index contributed by atoms with van der Waals surface area (Å²) in [5.74, 6) is -2.03. The predicted molar refractivity (Wildman–Crippen MR) is 147 cm³/mol. The number of pyridine rings is 2. The van der Waals surface area contributed by atoms with Crippen molar-refractivity contribution in [1.29, 1.82) is 0 Å². The van der Waals surface area contributed by atoms with Gasteiger partial charge in [-0.25, -0.2) is 8.78 Å². The number of hydrogen-bond donors (Lipinski definition) is 0. The summed E-state index contributed by atoms with van der Waals surface area (Å²) in [7, 11) is -1.63. The quantitative estimate of drug-likeness (QED) is 0.281. The molecule has 0 saturated heterocycles. The molecule has 2 aromatic heterocycles. The summed E-state index contributed by atoms with van der Waals surface area (Å²) in [6, 6.07) is 9.31. The first kappa shape index (κ1) is 28.6. The van der Waals surface area contributed by atoms with E-state index in [9.17, 15) is 9.00 Å². The molecule has 0 aliphatic heterocycles. The number of aryl methyl sites for hydroxylation is 1. The molecule has 5 nitrogen and oxygen atoms in total. The lowest BCUT2D eigenvalue weighted by atomic mass is 9.96. The zero-order chi connectivity index (χ0) is 27.3.